The van der Waals surface area contributed by atoms with E-state index in [1.54, 1.807) is 12.2 Å². The van der Waals surface area contributed by atoms with Gasteiger partial charge < -0.3 is 18.9 Å². The summed E-state index contributed by atoms with van der Waals surface area (Å²) in [5.41, 5.74) is 0. The molecule has 2 aliphatic heterocycles. The minimum atomic E-state index is -0.318. The monoisotopic (exact) mass is 256 g/mol. The summed E-state index contributed by atoms with van der Waals surface area (Å²) in [6.07, 6.45) is 3.68. The molecule has 0 saturated carbocycles. The number of hydrogen-bond acceptors (Lipinski definition) is 6. The maximum atomic E-state index is 11.2. The summed E-state index contributed by atoms with van der Waals surface area (Å²) < 4.78 is 19.6. The maximum Gasteiger partial charge on any atom is 0.309 e. The molecule has 0 bridgehead atoms. The number of epoxide rings is 2. The molecule has 2 unspecified atom stereocenters. The molecule has 18 heavy (non-hydrogen) atoms. The predicted molar refractivity (Wildman–Crippen MR) is 59.8 cm³/mol. The van der Waals surface area contributed by atoms with Crippen LogP contribution in [0.15, 0.2) is 12.2 Å². The van der Waals surface area contributed by atoms with E-state index in [1.807, 2.05) is 0 Å². The summed E-state index contributed by atoms with van der Waals surface area (Å²) in [6.45, 7) is 1.96. The summed E-state index contributed by atoms with van der Waals surface area (Å²) in [7, 11) is 0. The normalized spacial score (nSPS) is 24.9. The molecule has 2 aliphatic rings. The third kappa shape index (κ3) is 5.79. The van der Waals surface area contributed by atoms with Crippen LogP contribution in [0.4, 0.5) is 0 Å². The third-order valence-corrected chi connectivity index (χ3v) is 2.40. The van der Waals surface area contributed by atoms with Crippen LogP contribution >= 0.6 is 0 Å². The summed E-state index contributed by atoms with van der Waals surface area (Å²) in [5, 5.41) is 0. The van der Waals surface area contributed by atoms with Crippen molar-refractivity contribution in [2.75, 3.05) is 26.4 Å². The van der Waals surface area contributed by atoms with Crippen molar-refractivity contribution in [2.45, 2.75) is 25.0 Å². The summed E-state index contributed by atoms with van der Waals surface area (Å²) >= 11 is 0. The Morgan fingerprint density at radius 3 is 1.67 bits per heavy atom. The Morgan fingerprint density at radius 1 is 0.944 bits per heavy atom. The van der Waals surface area contributed by atoms with Crippen molar-refractivity contribution in [2.24, 2.45) is 0 Å². The molecular formula is C12H16O6. The number of rotatable bonds is 8. The van der Waals surface area contributed by atoms with Gasteiger partial charge in [0.25, 0.3) is 0 Å². The molecule has 0 aromatic heterocycles. The molecule has 0 N–H and O–H groups in total. The molecule has 2 atom stereocenters. The van der Waals surface area contributed by atoms with E-state index in [4.69, 9.17) is 18.9 Å². The quantitative estimate of drug-likeness (QED) is 0.351. The van der Waals surface area contributed by atoms with Crippen LogP contribution in [0.25, 0.3) is 0 Å². The molecule has 2 saturated heterocycles. The Bertz CT molecular complexity index is 297. The van der Waals surface area contributed by atoms with Gasteiger partial charge in [0.15, 0.2) is 0 Å². The van der Waals surface area contributed by atoms with Crippen LogP contribution < -0.4 is 0 Å². The topological polar surface area (TPSA) is 77.7 Å². The van der Waals surface area contributed by atoms with E-state index in [9.17, 15) is 9.59 Å². The average molecular weight is 256 g/mol. The summed E-state index contributed by atoms with van der Waals surface area (Å²) in [6, 6.07) is 0. The molecule has 100 valence electrons. The van der Waals surface area contributed by atoms with Gasteiger partial charge in [-0.1, -0.05) is 12.2 Å². The van der Waals surface area contributed by atoms with E-state index in [0.717, 1.165) is 0 Å². The first-order chi connectivity index (χ1) is 8.74. The fourth-order valence-electron chi connectivity index (χ4n) is 1.18. The number of carbonyl (C=O) groups is 2. The molecule has 6 nitrogen and oxygen atoms in total. The average Bonchev–Trinajstić information content (AvgIpc) is 3.23. The van der Waals surface area contributed by atoms with E-state index >= 15 is 0 Å². The van der Waals surface area contributed by atoms with Crippen molar-refractivity contribution in [1.29, 1.82) is 0 Å². The number of esters is 2. The van der Waals surface area contributed by atoms with Crippen LogP contribution in [0.3, 0.4) is 0 Å². The zero-order valence-electron chi connectivity index (χ0n) is 10.0. The Balaban J connectivity index is 1.47. The van der Waals surface area contributed by atoms with Crippen molar-refractivity contribution in [3.05, 3.63) is 12.2 Å². The fourth-order valence-corrected chi connectivity index (χ4v) is 1.18. The molecule has 0 aromatic rings. The molecule has 0 aromatic carbocycles. The van der Waals surface area contributed by atoms with Crippen LogP contribution in [-0.4, -0.2) is 50.6 Å². The first-order valence-corrected chi connectivity index (χ1v) is 5.93. The lowest BCUT2D eigenvalue weighted by atomic mass is 10.3. The molecule has 2 rings (SSSR count). The van der Waals surface area contributed by atoms with Crippen molar-refractivity contribution < 1.29 is 28.5 Å². The van der Waals surface area contributed by atoms with Crippen LogP contribution in [0.5, 0.6) is 0 Å². The second kappa shape index (κ2) is 6.51. The van der Waals surface area contributed by atoms with Gasteiger partial charge in [0.1, 0.15) is 25.4 Å². The standard InChI is InChI=1S/C12H16O6/c13-11(17-7-9-5-15-9)3-1-2-4-12(14)18-8-10-6-16-10/h1-2,9-10H,3-8H2. The third-order valence-electron chi connectivity index (χ3n) is 2.40. The highest BCUT2D eigenvalue weighted by Gasteiger charge is 2.24. The Morgan fingerprint density at radius 2 is 1.33 bits per heavy atom. The Hall–Kier alpha value is -1.40. The van der Waals surface area contributed by atoms with Gasteiger partial charge in [-0.25, -0.2) is 0 Å². The lowest BCUT2D eigenvalue weighted by Gasteiger charge is -2.00. The number of carbonyl (C=O) groups excluding carboxylic acids is 2. The van der Waals surface area contributed by atoms with Crippen molar-refractivity contribution in [1.82, 2.24) is 0 Å². The van der Waals surface area contributed by atoms with Crippen LogP contribution in [0.2, 0.25) is 0 Å². The maximum absolute atomic E-state index is 11.2. The van der Waals surface area contributed by atoms with Gasteiger partial charge in [-0.15, -0.1) is 0 Å². The molecule has 0 spiro atoms. The van der Waals surface area contributed by atoms with Gasteiger partial charge in [0, 0.05) is 0 Å². The van der Waals surface area contributed by atoms with Crippen LogP contribution in [-0.2, 0) is 28.5 Å². The molecule has 2 fully saturated rings. The van der Waals surface area contributed by atoms with E-state index in [1.165, 1.54) is 0 Å². The van der Waals surface area contributed by atoms with Crippen molar-refractivity contribution in [3.8, 4) is 0 Å². The molecule has 0 amide bonds. The van der Waals surface area contributed by atoms with Gasteiger partial charge >= 0.3 is 11.9 Å². The van der Waals surface area contributed by atoms with Crippen molar-refractivity contribution >= 4 is 11.9 Å². The van der Waals surface area contributed by atoms with Crippen LogP contribution in [0.1, 0.15) is 12.8 Å². The summed E-state index contributed by atoms with van der Waals surface area (Å²) in [4.78, 5) is 22.4. The van der Waals surface area contributed by atoms with E-state index in [-0.39, 0.29) is 37.0 Å². The second-order valence-corrected chi connectivity index (χ2v) is 4.16. The lowest BCUT2D eigenvalue weighted by molar-refractivity contribution is -0.144. The minimum Gasteiger partial charge on any atom is -0.463 e. The molecule has 0 aliphatic carbocycles. The second-order valence-electron chi connectivity index (χ2n) is 4.16. The number of ether oxygens (including phenoxy) is 4. The van der Waals surface area contributed by atoms with Gasteiger partial charge in [-0.2, -0.15) is 0 Å². The first kappa shape index (κ1) is 13.0. The molecule has 0 radical (unpaired) electrons. The molecule has 6 heteroatoms. The fraction of sp³-hybridized carbons (Fsp3) is 0.667. The van der Waals surface area contributed by atoms with E-state index in [2.05, 4.69) is 0 Å². The highest BCUT2D eigenvalue weighted by atomic mass is 16.6. The SMILES string of the molecule is O=C(CC=CCC(=O)OCC1CO1)OCC1CO1. The first-order valence-electron chi connectivity index (χ1n) is 5.93. The van der Waals surface area contributed by atoms with Crippen LogP contribution in [0, 0.1) is 0 Å². The van der Waals surface area contributed by atoms with E-state index in [0.29, 0.717) is 26.4 Å². The van der Waals surface area contributed by atoms with Crippen molar-refractivity contribution in [3.63, 3.8) is 0 Å². The largest absolute Gasteiger partial charge is 0.463 e. The number of hydrogen-bond donors (Lipinski definition) is 0. The highest BCUT2D eigenvalue weighted by Crippen LogP contribution is 2.09. The predicted octanol–water partition coefficient (Wildman–Crippen LogP) is 0.207. The zero-order valence-corrected chi connectivity index (χ0v) is 10.0. The van der Waals surface area contributed by atoms with Gasteiger partial charge in [-0.05, 0) is 0 Å². The zero-order chi connectivity index (χ0) is 12.8. The smallest absolute Gasteiger partial charge is 0.309 e. The van der Waals surface area contributed by atoms with Gasteiger partial charge in [0.05, 0.1) is 26.1 Å². The molecular weight excluding hydrogens is 240 g/mol. The van der Waals surface area contributed by atoms with Gasteiger partial charge in [-0.3, -0.25) is 9.59 Å². The lowest BCUT2D eigenvalue weighted by Crippen LogP contribution is -2.09. The summed E-state index contributed by atoms with van der Waals surface area (Å²) in [5.74, 6) is -0.636. The van der Waals surface area contributed by atoms with Gasteiger partial charge in [0.2, 0.25) is 0 Å². The highest BCUT2D eigenvalue weighted by molar-refractivity contribution is 5.73. The van der Waals surface area contributed by atoms with E-state index < -0.39 is 0 Å². The molecule has 2 heterocycles. The Labute approximate surface area is 105 Å². The Kier molecular flexibility index (Phi) is 4.72. The minimum absolute atomic E-state index is 0.0811.